The summed E-state index contributed by atoms with van der Waals surface area (Å²) in [4.78, 5) is 9.13. The summed E-state index contributed by atoms with van der Waals surface area (Å²) in [6.45, 7) is 17.6. The summed E-state index contributed by atoms with van der Waals surface area (Å²) in [5.74, 6) is 1.13. The number of fused-ring (bicyclic) bond motifs is 5. The second-order valence-corrected chi connectivity index (χ2v) is 13.9. The monoisotopic (exact) mass is 571 g/mol. The first-order valence-corrected chi connectivity index (χ1v) is 15.5. The SMILES string of the molecule is [2H]C([2H])([2H])c1ccc(-c2cc(C(C)(C)C)ncn2)c2oc3c4cc(-c5c(C(C)C)cc(C(C)C)cc5C(C)C)ccc4ccc3c12. The van der Waals surface area contributed by atoms with Gasteiger partial charge in [-0.1, -0.05) is 98.7 Å². The van der Waals surface area contributed by atoms with E-state index in [-0.39, 0.29) is 11.0 Å². The molecule has 0 N–H and O–H groups in total. The van der Waals surface area contributed by atoms with Crippen LogP contribution in [0.25, 0.3) is 55.1 Å². The van der Waals surface area contributed by atoms with Crippen molar-refractivity contribution in [1.29, 1.82) is 0 Å². The average molecular weight is 572 g/mol. The van der Waals surface area contributed by atoms with Crippen LogP contribution in [0.2, 0.25) is 0 Å². The Balaban J connectivity index is 1.69. The van der Waals surface area contributed by atoms with Crippen molar-refractivity contribution in [2.24, 2.45) is 0 Å². The van der Waals surface area contributed by atoms with E-state index in [1.807, 2.05) is 18.2 Å². The molecular formula is C40H44N2O. The summed E-state index contributed by atoms with van der Waals surface area (Å²) in [6.07, 6.45) is 1.58. The van der Waals surface area contributed by atoms with E-state index in [0.29, 0.717) is 40.0 Å². The summed E-state index contributed by atoms with van der Waals surface area (Å²) in [5.41, 5.74) is 10.2. The number of hydrogen-bond donors (Lipinski definition) is 0. The molecule has 0 radical (unpaired) electrons. The van der Waals surface area contributed by atoms with Gasteiger partial charge in [0, 0.05) is 36.9 Å². The highest BCUT2D eigenvalue weighted by atomic mass is 16.3. The fraction of sp³-hybridized carbons (Fsp3) is 0.350. The molecule has 0 amide bonds. The molecule has 3 heteroatoms. The number of benzene rings is 4. The van der Waals surface area contributed by atoms with Crippen molar-refractivity contribution in [1.82, 2.24) is 9.97 Å². The van der Waals surface area contributed by atoms with Gasteiger partial charge in [-0.15, -0.1) is 0 Å². The lowest BCUT2D eigenvalue weighted by atomic mass is 9.81. The molecule has 3 nitrogen and oxygen atoms in total. The van der Waals surface area contributed by atoms with Gasteiger partial charge in [-0.2, -0.15) is 0 Å². The molecule has 0 unspecified atom stereocenters. The highest BCUT2D eigenvalue weighted by Crippen LogP contribution is 2.43. The van der Waals surface area contributed by atoms with Crippen molar-refractivity contribution in [2.45, 2.75) is 92.3 Å². The smallest absolute Gasteiger partial charge is 0.145 e. The molecule has 0 aliphatic rings. The standard InChI is InChI=1S/C40H44N2O/c1-22(2)28-18-31(23(3)4)37(32(19-28)24(5)6)27-13-12-26-14-16-30-36-25(7)11-15-29(39(36)43-38(30)33(26)17-27)34-20-35(40(8,9)10)42-21-41-34/h11-24H,1-10H3/i7D3. The van der Waals surface area contributed by atoms with Crippen molar-refractivity contribution in [3.63, 3.8) is 0 Å². The zero-order chi connectivity index (χ0) is 33.3. The van der Waals surface area contributed by atoms with Crippen LogP contribution in [0, 0.1) is 6.85 Å². The van der Waals surface area contributed by atoms with Crippen molar-refractivity contribution in [3.8, 4) is 22.4 Å². The minimum Gasteiger partial charge on any atom is -0.455 e. The summed E-state index contributed by atoms with van der Waals surface area (Å²) >= 11 is 0. The van der Waals surface area contributed by atoms with E-state index in [4.69, 9.17) is 8.53 Å². The number of aromatic nitrogens is 2. The predicted octanol–water partition coefficient (Wildman–Crippen LogP) is 11.8. The van der Waals surface area contributed by atoms with Crippen LogP contribution in [0.15, 0.2) is 71.4 Å². The number of furan rings is 1. The summed E-state index contributed by atoms with van der Waals surface area (Å²) in [7, 11) is 0. The van der Waals surface area contributed by atoms with E-state index in [1.54, 1.807) is 12.4 Å². The lowest BCUT2D eigenvalue weighted by Crippen LogP contribution is -2.13. The highest BCUT2D eigenvalue weighted by Gasteiger charge is 2.22. The number of aryl methyl sites for hydroxylation is 1. The Morgan fingerprint density at radius 2 is 1.42 bits per heavy atom. The third-order valence-electron chi connectivity index (χ3n) is 8.74. The van der Waals surface area contributed by atoms with Crippen LogP contribution in [-0.4, -0.2) is 9.97 Å². The molecule has 0 bridgehead atoms. The van der Waals surface area contributed by atoms with Crippen molar-refractivity contribution >= 4 is 32.7 Å². The molecule has 0 saturated heterocycles. The zero-order valence-electron chi connectivity index (χ0n) is 29.9. The van der Waals surface area contributed by atoms with Crippen LogP contribution in [0.5, 0.6) is 0 Å². The fourth-order valence-electron chi connectivity index (χ4n) is 6.22. The van der Waals surface area contributed by atoms with Gasteiger partial charge >= 0.3 is 0 Å². The van der Waals surface area contributed by atoms with Crippen LogP contribution >= 0.6 is 0 Å². The van der Waals surface area contributed by atoms with Crippen LogP contribution in [-0.2, 0) is 5.41 Å². The zero-order valence-corrected chi connectivity index (χ0v) is 26.9. The molecule has 0 fully saturated rings. The minimum atomic E-state index is -2.32. The maximum atomic E-state index is 8.41. The number of rotatable bonds is 5. The number of hydrogen-bond acceptors (Lipinski definition) is 3. The Bertz CT molecular complexity index is 2080. The molecule has 4 aromatic carbocycles. The largest absolute Gasteiger partial charge is 0.455 e. The van der Waals surface area contributed by atoms with Gasteiger partial charge in [0.2, 0.25) is 0 Å². The summed E-state index contributed by atoms with van der Waals surface area (Å²) in [6, 6.07) is 21.0. The molecule has 2 aromatic heterocycles. The molecule has 0 aliphatic carbocycles. The molecule has 0 atom stereocenters. The van der Waals surface area contributed by atoms with E-state index in [2.05, 4.69) is 109 Å². The van der Waals surface area contributed by atoms with Gasteiger partial charge in [-0.05, 0) is 87.6 Å². The minimum absolute atomic E-state index is 0.174. The van der Waals surface area contributed by atoms with Crippen molar-refractivity contribution in [2.75, 3.05) is 0 Å². The molecule has 6 rings (SSSR count). The second kappa shape index (κ2) is 10.6. The number of nitrogens with zero attached hydrogens (tertiary/aromatic N) is 2. The maximum absolute atomic E-state index is 8.41. The average Bonchev–Trinajstić information content (AvgIpc) is 3.39. The maximum Gasteiger partial charge on any atom is 0.145 e. The Morgan fingerprint density at radius 1 is 0.721 bits per heavy atom. The van der Waals surface area contributed by atoms with Gasteiger partial charge < -0.3 is 4.42 Å². The molecule has 6 aromatic rings. The Morgan fingerprint density at radius 3 is 2.05 bits per heavy atom. The van der Waals surface area contributed by atoms with E-state index in [9.17, 15) is 0 Å². The van der Waals surface area contributed by atoms with Crippen LogP contribution in [0.4, 0.5) is 0 Å². The van der Waals surface area contributed by atoms with Gasteiger partial charge in [-0.25, -0.2) is 9.97 Å². The third-order valence-corrected chi connectivity index (χ3v) is 8.74. The Kier molecular flexibility index (Phi) is 6.31. The first-order chi connectivity index (χ1) is 21.6. The fourth-order valence-corrected chi connectivity index (χ4v) is 6.22. The van der Waals surface area contributed by atoms with Crippen molar-refractivity contribution in [3.05, 3.63) is 94.9 Å². The molecule has 2 heterocycles. The predicted molar refractivity (Wildman–Crippen MR) is 183 cm³/mol. The van der Waals surface area contributed by atoms with E-state index >= 15 is 0 Å². The summed E-state index contributed by atoms with van der Waals surface area (Å²) in [5, 5.41) is 3.41. The molecule has 0 aliphatic heterocycles. The normalized spacial score (nSPS) is 13.9. The second-order valence-electron chi connectivity index (χ2n) is 13.9. The topological polar surface area (TPSA) is 38.9 Å². The Hall–Kier alpha value is -3.98. The van der Waals surface area contributed by atoms with E-state index < -0.39 is 6.85 Å². The summed E-state index contributed by atoms with van der Waals surface area (Å²) < 4.78 is 32.0. The van der Waals surface area contributed by atoms with Crippen LogP contribution < -0.4 is 0 Å². The van der Waals surface area contributed by atoms with Gasteiger partial charge in [0.25, 0.3) is 0 Å². The molecular weight excluding hydrogens is 524 g/mol. The van der Waals surface area contributed by atoms with Gasteiger partial charge in [0.05, 0.1) is 5.69 Å². The molecule has 220 valence electrons. The highest BCUT2D eigenvalue weighted by molar-refractivity contribution is 6.18. The third kappa shape index (κ3) is 5.03. The van der Waals surface area contributed by atoms with E-state index in [0.717, 1.165) is 33.0 Å². The van der Waals surface area contributed by atoms with Gasteiger partial charge in [0.15, 0.2) is 0 Å². The first-order valence-electron chi connectivity index (χ1n) is 17.0. The molecule has 43 heavy (non-hydrogen) atoms. The lowest BCUT2D eigenvalue weighted by molar-refractivity contribution is 0.567. The Labute approximate surface area is 260 Å². The van der Waals surface area contributed by atoms with Gasteiger partial charge in [0.1, 0.15) is 17.5 Å². The van der Waals surface area contributed by atoms with Gasteiger partial charge in [-0.3, -0.25) is 0 Å². The molecule has 0 spiro atoms. The van der Waals surface area contributed by atoms with E-state index in [1.165, 1.54) is 22.3 Å². The first kappa shape index (κ1) is 25.5. The lowest BCUT2D eigenvalue weighted by Gasteiger charge is -2.23. The molecule has 0 saturated carbocycles. The van der Waals surface area contributed by atoms with Crippen LogP contribution in [0.3, 0.4) is 0 Å². The van der Waals surface area contributed by atoms with Crippen LogP contribution in [0.1, 0.15) is 112 Å². The quantitative estimate of drug-likeness (QED) is 0.207. The van der Waals surface area contributed by atoms with Crippen molar-refractivity contribution < 1.29 is 8.53 Å².